The van der Waals surface area contributed by atoms with Gasteiger partial charge in [-0.2, -0.15) is 0 Å². The summed E-state index contributed by atoms with van der Waals surface area (Å²) < 4.78 is 5.64. The Morgan fingerprint density at radius 3 is 2.33 bits per heavy atom. The van der Waals surface area contributed by atoms with Crippen LogP contribution in [0.15, 0.2) is 0 Å². The number of carbonyl (C=O) groups is 2. The molecule has 2 amide bonds. The maximum Gasteiger partial charge on any atom is 0.240 e. The van der Waals surface area contributed by atoms with Crippen LogP contribution in [0, 0.1) is 11.3 Å². The summed E-state index contributed by atoms with van der Waals surface area (Å²) in [6.45, 7) is 7.66. The lowest BCUT2D eigenvalue weighted by molar-refractivity contribution is -0.170. The minimum atomic E-state index is -0.873. The predicted octanol–water partition coefficient (Wildman–Crippen LogP) is 1.36. The van der Waals surface area contributed by atoms with Gasteiger partial charge in [0.15, 0.2) is 0 Å². The number of hydrogen-bond acceptors (Lipinski definition) is 4. The maximum atomic E-state index is 12.4. The third-order valence-electron chi connectivity index (χ3n) is 5.65. The van der Waals surface area contributed by atoms with Crippen molar-refractivity contribution < 1.29 is 14.3 Å². The molecule has 2 aliphatic rings. The number of nitrogens with two attached hydrogens (primary N) is 1. The molecule has 2 aliphatic carbocycles. The van der Waals surface area contributed by atoms with E-state index < -0.39 is 5.54 Å². The summed E-state index contributed by atoms with van der Waals surface area (Å²) in [5, 5.41) is 5.83. The molecule has 4 N–H and O–H groups in total. The minimum absolute atomic E-state index is 0. The van der Waals surface area contributed by atoms with Gasteiger partial charge in [0.25, 0.3) is 0 Å². The van der Waals surface area contributed by atoms with Gasteiger partial charge in [-0.25, -0.2) is 0 Å². The minimum Gasteiger partial charge on any atom is -0.378 e. The fourth-order valence-electron chi connectivity index (χ4n) is 3.29. The van der Waals surface area contributed by atoms with Crippen molar-refractivity contribution in [3.8, 4) is 0 Å². The van der Waals surface area contributed by atoms with Crippen molar-refractivity contribution in [2.24, 2.45) is 17.1 Å². The zero-order valence-corrected chi connectivity index (χ0v) is 15.8. The highest BCUT2D eigenvalue weighted by Gasteiger charge is 2.62. The van der Waals surface area contributed by atoms with Crippen LogP contribution in [0.3, 0.4) is 0 Å². The topological polar surface area (TPSA) is 93.4 Å². The Morgan fingerprint density at radius 2 is 1.83 bits per heavy atom. The monoisotopic (exact) mass is 361 g/mol. The normalized spacial score (nSPS) is 28.1. The standard InChI is InChI=1S/C17H31N3O3.ClH/c1-4-23-13-11-17(18,16(13,2)3)15(22)20-10-6-9-19-14(21)12-7-5-8-12;/h12-13H,4-11,18H2,1-3H3,(H,19,21)(H,20,22);1H. The Balaban J connectivity index is 0.00000288. The molecule has 0 aliphatic heterocycles. The van der Waals surface area contributed by atoms with Crippen LogP contribution >= 0.6 is 12.4 Å². The molecular formula is C17H32ClN3O3. The van der Waals surface area contributed by atoms with Crippen LogP contribution in [0.4, 0.5) is 0 Å². The van der Waals surface area contributed by atoms with Gasteiger partial charge in [0.2, 0.25) is 11.8 Å². The molecule has 7 heteroatoms. The Labute approximate surface area is 151 Å². The highest BCUT2D eigenvalue weighted by molar-refractivity contribution is 5.88. The SMILES string of the molecule is CCOC1CC(N)(C(=O)NCCCNC(=O)C2CCC2)C1(C)C.Cl. The van der Waals surface area contributed by atoms with E-state index >= 15 is 0 Å². The van der Waals surface area contributed by atoms with Gasteiger partial charge in [-0.05, 0) is 26.2 Å². The lowest BCUT2D eigenvalue weighted by Gasteiger charge is -2.57. The van der Waals surface area contributed by atoms with Crippen LogP contribution in [0.2, 0.25) is 0 Å². The zero-order chi connectivity index (χ0) is 17.1. The van der Waals surface area contributed by atoms with Crippen LogP contribution in [-0.4, -0.2) is 43.2 Å². The molecule has 0 bridgehead atoms. The van der Waals surface area contributed by atoms with E-state index in [9.17, 15) is 9.59 Å². The van der Waals surface area contributed by atoms with Gasteiger partial charge in [-0.3, -0.25) is 9.59 Å². The van der Waals surface area contributed by atoms with E-state index in [1.165, 1.54) is 0 Å². The zero-order valence-electron chi connectivity index (χ0n) is 15.0. The number of halogens is 1. The maximum absolute atomic E-state index is 12.4. The molecule has 0 saturated heterocycles. The van der Waals surface area contributed by atoms with Crippen molar-refractivity contribution in [1.82, 2.24) is 10.6 Å². The highest BCUT2D eigenvalue weighted by atomic mass is 35.5. The molecule has 0 aromatic carbocycles. The number of hydrogen-bond donors (Lipinski definition) is 3. The third-order valence-corrected chi connectivity index (χ3v) is 5.65. The molecule has 2 fully saturated rings. The second kappa shape index (κ2) is 8.50. The molecule has 0 spiro atoms. The van der Waals surface area contributed by atoms with Gasteiger partial charge in [-0.15, -0.1) is 12.4 Å². The second-order valence-electron chi connectivity index (χ2n) is 7.37. The quantitative estimate of drug-likeness (QED) is 0.569. The van der Waals surface area contributed by atoms with Crippen LogP contribution in [0.1, 0.15) is 52.9 Å². The Bertz CT molecular complexity index is 454. The van der Waals surface area contributed by atoms with Crippen molar-refractivity contribution in [3.05, 3.63) is 0 Å². The van der Waals surface area contributed by atoms with E-state index in [1.807, 2.05) is 20.8 Å². The largest absolute Gasteiger partial charge is 0.378 e. The van der Waals surface area contributed by atoms with Gasteiger partial charge in [0.05, 0.1) is 6.10 Å². The lowest BCUT2D eigenvalue weighted by Crippen LogP contribution is -2.75. The first-order chi connectivity index (χ1) is 10.8. The molecule has 140 valence electrons. The van der Waals surface area contributed by atoms with Crippen molar-refractivity contribution in [3.63, 3.8) is 0 Å². The summed E-state index contributed by atoms with van der Waals surface area (Å²) in [4.78, 5) is 24.1. The second-order valence-corrected chi connectivity index (χ2v) is 7.37. The third kappa shape index (κ3) is 4.03. The smallest absolute Gasteiger partial charge is 0.240 e. The molecule has 0 heterocycles. The summed E-state index contributed by atoms with van der Waals surface area (Å²) in [5.41, 5.74) is 5.07. The van der Waals surface area contributed by atoms with E-state index in [4.69, 9.17) is 10.5 Å². The lowest BCUT2D eigenvalue weighted by atomic mass is 9.54. The summed E-state index contributed by atoms with van der Waals surface area (Å²) in [6.07, 6.45) is 4.48. The number of ether oxygens (including phenoxy) is 1. The van der Waals surface area contributed by atoms with Crippen LogP contribution < -0.4 is 16.4 Å². The summed E-state index contributed by atoms with van der Waals surface area (Å²) in [5.74, 6) is 0.240. The Morgan fingerprint density at radius 1 is 1.21 bits per heavy atom. The molecule has 0 aromatic rings. The molecule has 0 aromatic heterocycles. The van der Waals surface area contributed by atoms with E-state index in [-0.39, 0.29) is 41.7 Å². The molecule has 24 heavy (non-hydrogen) atoms. The van der Waals surface area contributed by atoms with Gasteiger partial charge in [0.1, 0.15) is 5.54 Å². The summed E-state index contributed by atoms with van der Waals surface area (Å²) in [6, 6.07) is 0. The average Bonchev–Trinajstić information content (AvgIpc) is 2.44. The fraction of sp³-hybridized carbons (Fsp3) is 0.882. The van der Waals surface area contributed by atoms with Crippen LogP contribution in [-0.2, 0) is 14.3 Å². The van der Waals surface area contributed by atoms with Crippen LogP contribution in [0.5, 0.6) is 0 Å². The Kier molecular flexibility index (Phi) is 7.50. The van der Waals surface area contributed by atoms with Crippen molar-refractivity contribution in [2.45, 2.75) is 64.5 Å². The summed E-state index contributed by atoms with van der Waals surface area (Å²) >= 11 is 0. The molecule has 2 saturated carbocycles. The summed E-state index contributed by atoms with van der Waals surface area (Å²) in [7, 11) is 0. The van der Waals surface area contributed by atoms with E-state index in [0.717, 1.165) is 25.7 Å². The first-order valence-electron chi connectivity index (χ1n) is 8.79. The van der Waals surface area contributed by atoms with Crippen molar-refractivity contribution in [2.75, 3.05) is 19.7 Å². The van der Waals surface area contributed by atoms with Crippen LogP contribution in [0.25, 0.3) is 0 Å². The average molecular weight is 362 g/mol. The first-order valence-corrected chi connectivity index (χ1v) is 8.79. The van der Waals surface area contributed by atoms with Gasteiger partial charge >= 0.3 is 0 Å². The molecule has 6 nitrogen and oxygen atoms in total. The van der Waals surface area contributed by atoms with Gasteiger partial charge in [0, 0.05) is 37.5 Å². The highest BCUT2D eigenvalue weighted by Crippen LogP contribution is 2.49. The van der Waals surface area contributed by atoms with E-state index in [0.29, 0.717) is 26.1 Å². The number of rotatable bonds is 8. The van der Waals surface area contributed by atoms with Gasteiger partial charge in [-0.1, -0.05) is 20.3 Å². The fourth-order valence-corrected chi connectivity index (χ4v) is 3.29. The van der Waals surface area contributed by atoms with Gasteiger partial charge < -0.3 is 21.1 Å². The predicted molar refractivity (Wildman–Crippen MR) is 96.0 cm³/mol. The first kappa shape index (κ1) is 21.2. The Hall–Kier alpha value is -0.850. The van der Waals surface area contributed by atoms with Crippen molar-refractivity contribution in [1.29, 1.82) is 0 Å². The number of amides is 2. The van der Waals surface area contributed by atoms with E-state index in [2.05, 4.69) is 10.6 Å². The molecular weight excluding hydrogens is 330 g/mol. The molecule has 2 unspecified atom stereocenters. The molecule has 2 atom stereocenters. The molecule has 2 rings (SSSR count). The van der Waals surface area contributed by atoms with Crippen molar-refractivity contribution >= 4 is 24.2 Å². The number of nitrogens with one attached hydrogen (secondary N) is 2. The molecule has 0 radical (unpaired) electrons. The number of carbonyl (C=O) groups excluding carboxylic acids is 2. The van der Waals surface area contributed by atoms with E-state index in [1.54, 1.807) is 0 Å².